The molecule has 12 heteroatoms. The molecule has 0 saturated carbocycles. The first-order valence-electron chi connectivity index (χ1n) is 12.9. The Hall–Kier alpha value is -3.12. The van der Waals surface area contributed by atoms with Gasteiger partial charge in [-0.3, -0.25) is 0 Å². The second-order valence-electron chi connectivity index (χ2n) is 9.62. The van der Waals surface area contributed by atoms with E-state index >= 15 is 0 Å². The topological polar surface area (TPSA) is 118 Å². The van der Waals surface area contributed by atoms with E-state index in [1.807, 2.05) is 25.1 Å². The van der Waals surface area contributed by atoms with Crippen molar-refractivity contribution in [3.63, 3.8) is 0 Å². The molecule has 0 atom stereocenters. The van der Waals surface area contributed by atoms with Gasteiger partial charge in [0.25, 0.3) is 0 Å². The molecule has 0 bridgehead atoms. The van der Waals surface area contributed by atoms with Gasteiger partial charge in [0.1, 0.15) is 27.5 Å². The van der Waals surface area contributed by atoms with Crippen LogP contribution in [0, 0.1) is 0 Å². The van der Waals surface area contributed by atoms with Crippen molar-refractivity contribution < 1.29 is 17.9 Å². The van der Waals surface area contributed by atoms with Crippen LogP contribution in [-0.4, -0.2) is 62.2 Å². The minimum atomic E-state index is -3.76. The highest BCUT2D eigenvalue weighted by Crippen LogP contribution is 2.34. The number of likely N-dealkylation sites (tertiary alicyclic amines) is 1. The molecule has 3 aromatic rings. The van der Waals surface area contributed by atoms with Crippen molar-refractivity contribution in [3.8, 4) is 11.5 Å². The molecule has 1 aliphatic heterocycles. The predicted molar refractivity (Wildman–Crippen MR) is 154 cm³/mol. The Morgan fingerprint density at radius 3 is 2.56 bits per heavy atom. The summed E-state index contributed by atoms with van der Waals surface area (Å²) >= 11 is 6.38. The van der Waals surface area contributed by atoms with Crippen molar-refractivity contribution in [2.75, 3.05) is 37.4 Å². The predicted octanol–water partition coefficient (Wildman–Crippen LogP) is 5.18. The monoisotopic (exact) mass is 574 g/mol. The minimum Gasteiger partial charge on any atom is -0.492 e. The van der Waals surface area contributed by atoms with Crippen LogP contribution in [-0.2, 0) is 10.0 Å². The third-order valence-corrected chi connectivity index (χ3v) is 8.03. The van der Waals surface area contributed by atoms with Gasteiger partial charge in [-0.1, -0.05) is 23.7 Å². The van der Waals surface area contributed by atoms with Gasteiger partial charge in [0.15, 0.2) is 5.82 Å². The summed E-state index contributed by atoms with van der Waals surface area (Å²) in [7, 11) is -1.64. The first-order valence-corrected chi connectivity index (χ1v) is 14.8. The van der Waals surface area contributed by atoms with Crippen molar-refractivity contribution >= 4 is 44.8 Å². The van der Waals surface area contributed by atoms with E-state index in [9.17, 15) is 8.42 Å². The molecule has 2 aromatic carbocycles. The van der Waals surface area contributed by atoms with Crippen LogP contribution in [0.25, 0.3) is 0 Å². The molecule has 0 unspecified atom stereocenters. The molecule has 39 heavy (non-hydrogen) atoms. The van der Waals surface area contributed by atoms with Gasteiger partial charge in [-0.15, -0.1) is 0 Å². The second kappa shape index (κ2) is 12.8. The van der Waals surface area contributed by atoms with Gasteiger partial charge in [-0.05, 0) is 64.9 Å². The molecule has 1 saturated heterocycles. The maximum absolute atomic E-state index is 12.9. The van der Waals surface area contributed by atoms with E-state index in [0.717, 1.165) is 31.7 Å². The van der Waals surface area contributed by atoms with E-state index in [4.69, 9.17) is 21.1 Å². The number of nitrogens with zero attached hydrogens (tertiary/aromatic N) is 3. The number of hydrogen-bond donors (Lipinski definition) is 3. The molecule has 1 fully saturated rings. The Kier molecular flexibility index (Phi) is 9.49. The van der Waals surface area contributed by atoms with Crippen molar-refractivity contribution in [2.24, 2.45) is 0 Å². The second-order valence-corrected chi connectivity index (χ2v) is 11.7. The van der Waals surface area contributed by atoms with Gasteiger partial charge < -0.3 is 25.0 Å². The number of aromatic nitrogens is 2. The third-order valence-electron chi connectivity index (χ3n) is 6.03. The molecule has 3 N–H and O–H groups in total. The lowest BCUT2D eigenvalue weighted by Crippen LogP contribution is -2.35. The number of nitrogens with one attached hydrogen (secondary N) is 3. The summed E-state index contributed by atoms with van der Waals surface area (Å²) in [5.74, 6) is 1.85. The van der Waals surface area contributed by atoms with Crippen LogP contribution >= 0.6 is 11.6 Å². The maximum Gasteiger partial charge on any atom is 0.242 e. The SMILES string of the molecule is CCOc1cc(OC2CCN(C)CC2)ccc1Nc1ncc(Cl)c(Nc2ccccc2S(=O)(=O)NC(C)C)n1. The average molecular weight is 575 g/mol. The third kappa shape index (κ3) is 7.72. The molecular weight excluding hydrogens is 540 g/mol. The number of piperidine rings is 1. The Labute approximate surface area is 235 Å². The number of anilines is 4. The molecule has 2 heterocycles. The molecule has 210 valence electrons. The van der Waals surface area contributed by atoms with Gasteiger partial charge in [-0.25, -0.2) is 18.1 Å². The van der Waals surface area contributed by atoms with E-state index in [-0.39, 0.29) is 33.8 Å². The summed E-state index contributed by atoms with van der Waals surface area (Å²) in [4.78, 5) is 11.2. The number of rotatable bonds is 11. The van der Waals surface area contributed by atoms with Crippen LogP contribution < -0.4 is 24.8 Å². The zero-order valence-corrected chi connectivity index (χ0v) is 24.1. The van der Waals surface area contributed by atoms with Crippen LogP contribution in [0.1, 0.15) is 33.6 Å². The van der Waals surface area contributed by atoms with Crippen molar-refractivity contribution in [1.29, 1.82) is 0 Å². The summed E-state index contributed by atoms with van der Waals surface area (Å²) in [6.45, 7) is 7.92. The van der Waals surface area contributed by atoms with E-state index < -0.39 is 10.0 Å². The largest absolute Gasteiger partial charge is 0.492 e. The van der Waals surface area contributed by atoms with E-state index in [2.05, 4.69) is 37.3 Å². The van der Waals surface area contributed by atoms with Crippen LogP contribution in [0.2, 0.25) is 5.02 Å². The molecule has 0 aliphatic carbocycles. The Bertz CT molecular complexity index is 1380. The lowest BCUT2D eigenvalue weighted by atomic mass is 10.1. The fraction of sp³-hybridized carbons (Fsp3) is 0.407. The molecule has 1 aromatic heterocycles. The highest BCUT2D eigenvalue weighted by molar-refractivity contribution is 7.89. The summed E-state index contributed by atoms with van der Waals surface area (Å²) < 4.78 is 40.4. The van der Waals surface area contributed by atoms with Crippen molar-refractivity contribution in [3.05, 3.63) is 53.7 Å². The van der Waals surface area contributed by atoms with Crippen LogP contribution in [0.4, 0.5) is 23.1 Å². The summed E-state index contributed by atoms with van der Waals surface area (Å²) in [6, 6.07) is 11.9. The summed E-state index contributed by atoms with van der Waals surface area (Å²) in [5, 5.41) is 6.46. The lowest BCUT2D eigenvalue weighted by Gasteiger charge is -2.29. The van der Waals surface area contributed by atoms with Crippen LogP contribution in [0.3, 0.4) is 0 Å². The van der Waals surface area contributed by atoms with E-state index in [1.165, 1.54) is 12.3 Å². The first-order chi connectivity index (χ1) is 18.6. The van der Waals surface area contributed by atoms with E-state index in [1.54, 1.807) is 32.0 Å². The van der Waals surface area contributed by atoms with Gasteiger partial charge in [0.2, 0.25) is 16.0 Å². The normalized spacial score (nSPS) is 14.8. The lowest BCUT2D eigenvalue weighted by molar-refractivity contribution is 0.114. The van der Waals surface area contributed by atoms with Crippen molar-refractivity contribution in [2.45, 2.75) is 50.7 Å². The number of para-hydroxylation sites is 1. The molecule has 4 rings (SSSR count). The van der Waals surface area contributed by atoms with Gasteiger partial charge in [0, 0.05) is 25.2 Å². The van der Waals surface area contributed by atoms with Gasteiger partial charge in [0.05, 0.1) is 24.2 Å². The number of benzene rings is 2. The fourth-order valence-electron chi connectivity index (χ4n) is 4.19. The molecule has 0 spiro atoms. The smallest absolute Gasteiger partial charge is 0.242 e. The van der Waals surface area contributed by atoms with Gasteiger partial charge in [-0.2, -0.15) is 4.98 Å². The number of ether oxygens (including phenoxy) is 2. The first kappa shape index (κ1) is 28.9. The number of sulfonamides is 1. The standard InChI is InChI=1S/C27H35ClN6O4S/c1-5-37-24-16-20(38-19-12-14-34(4)15-13-19)10-11-22(24)31-27-29-17-21(28)26(32-27)30-23-8-6-7-9-25(23)39(35,36)33-18(2)3/h6-11,16-19,33H,5,12-15H2,1-4H3,(H2,29,30,31,32). The molecular formula is C27H35ClN6O4S. The maximum atomic E-state index is 12.9. The Morgan fingerprint density at radius 1 is 1.10 bits per heavy atom. The summed E-state index contributed by atoms with van der Waals surface area (Å²) in [6.07, 6.45) is 3.57. The van der Waals surface area contributed by atoms with Crippen molar-refractivity contribution in [1.82, 2.24) is 19.6 Å². The van der Waals surface area contributed by atoms with Crippen LogP contribution in [0.15, 0.2) is 53.6 Å². The molecule has 10 nitrogen and oxygen atoms in total. The Morgan fingerprint density at radius 2 is 1.85 bits per heavy atom. The molecule has 0 radical (unpaired) electrons. The molecule has 0 amide bonds. The fourth-order valence-corrected chi connectivity index (χ4v) is 5.74. The zero-order valence-electron chi connectivity index (χ0n) is 22.6. The van der Waals surface area contributed by atoms with E-state index in [0.29, 0.717) is 23.7 Å². The highest BCUT2D eigenvalue weighted by atomic mass is 35.5. The highest BCUT2D eigenvalue weighted by Gasteiger charge is 2.21. The van der Waals surface area contributed by atoms with Gasteiger partial charge >= 0.3 is 0 Å². The minimum absolute atomic E-state index is 0.0849. The molecule has 1 aliphatic rings. The number of halogens is 1. The average Bonchev–Trinajstić information content (AvgIpc) is 2.88. The van der Waals surface area contributed by atoms with Crippen LogP contribution in [0.5, 0.6) is 11.5 Å². The summed E-state index contributed by atoms with van der Waals surface area (Å²) in [5.41, 5.74) is 0.993. The Balaban J connectivity index is 1.55. The zero-order chi connectivity index (χ0) is 28.0. The number of hydrogen-bond acceptors (Lipinski definition) is 9. The quantitative estimate of drug-likeness (QED) is 0.285.